The Morgan fingerprint density at radius 2 is 1.73 bits per heavy atom. The van der Waals surface area contributed by atoms with Gasteiger partial charge in [-0.1, -0.05) is 0 Å². The molecule has 0 spiro atoms. The van der Waals surface area contributed by atoms with Crippen molar-refractivity contribution in [3.8, 4) is 0 Å². The normalized spacial score (nSPS) is 18.8. The lowest BCUT2D eigenvalue weighted by Gasteiger charge is -2.26. The van der Waals surface area contributed by atoms with Crippen molar-refractivity contribution in [2.24, 2.45) is 14.1 Å². The fourth-order valence-corrected chi connectivity index (χ4v) is 7.09. The third-order valence-corrected chi connectivity index (χ3v) is 9.94. The molecule has 1 saturated heterocycles. The first-order chi connectivity index (χ1) is 19.6. The Morgan fingerprint density at radius 3 is 2.37 bits per heavy atom. The fourth-order valence-electron chi connectivity index (χ4n) is 5.89. The maximum Gasteiger partial charge on any atom is 0.272 e. The van der Waals surface area contributed by atoms with E-state index < -0.39 is 9.84 Å². The van der Waals surface area contributed by atoms with Crippen molar-refractivity contribution in [3.63, 3.8) is 0 Å². The molecule has 2 aliphatic carbocycles. The Morgan fingerprint density at radius 1 is 1.05 bits per heavy atom. The van der Waals surface area contributed by atoms with Crippen LogP contribution in [0.2, 0.25) is 0 Å². The van der Waals surface area contributed by atoms with Gasteiger partial charge in [0.05, 0.1) is 23.3 Å². The minimum Gasteiger partial charge on any atom is -0.335 e. The zero-order valence-corrected chi connectivity index (χ0v) is 24.2. The number of carbonyl (C=O) groups is 2. The van der Waals surface area contributed by atoms with Crippen molar-refractivity contribution in [1.29, 1.82) is 0 Å². The van der Waals surface area contributed by atoms with Gasteiger partial charge in [-0.25, -0.2) is 18.4 Å². The van der Waals surface area contributed by atoms with E-state index in [9.17, 15) is 18.0 Å². The molecule has 4 aromatic heterocycles. The Hall–Kier alpha value is -3.94. The molecule has 4 aromatic rings. The van der Waals surface area contributed by atoms with E-state index in [1.165, 1.54) is 4.68 Å². The first-order valence-corrected chi connectivity index (χ1v) is 15.9. The van der Waals surface area contributed by atoms with Crippen molar-refractivity contribution in [2.75, 3.05) is 29.9 Å². The van der Waals surface area contributed by atoms with Crippen LogP contribution in [0.3, 0.4) is 0 Å². The molecule has 5 heterocycles. The summed E-state index contributed by atoms with van der Waals surface area (Å²) in [6, 6.07) is 4.28. The van der Waals surface area contributed by atoms with Crippen LogP contribution in [0.5, 0.6) is 0 Å². The van der Waals surface area contributed by atoms with Crippen LogP contribution < -0.4 is 5.32 Å². The molecule has 0 radical (unpaired) electrons. The number of hydrogen-bond acceptors (Lipinski definition) is 8. The number of carbonyl (C=O) groups excluding carboxylic acids is 2. The second-order valence-corrected chi connectivity index (χ2v) is 13.6. The van der Waals surface area contributed by atoms with Crippen LogP contribution in [0.25, 0.3) is 22.1 Å². The van der Waals surface area contributed by atoms with Crippen molar-refractivity contribution in [3.05, 3.63) is 29.8 Å². The van der Waals surface area contributed by atoms with E-state index in [-0.39, 0.29) is 36.4 Å². The highest BCUT2D eigenvalue weighted by Crippen LogP contribution is 2.39. The maximum atomic E-state index is 13.8. The number of hydrogen-bond donors (Lipinski definition) is 1. The van der Waals surface area contributed by atoms with Gasteiger partial charge in [0, 0.05) is 57.3 Å². The van der Waals surface area contributed by atoms with Crippen molar-refractivity contribution < 1.29 is 18.0 Å². The summed E-state index contributed by atoms with van der Waals surface area (Å²) in [5.41, 5.74) is 3.15. The molecule has 216 valence electrons. The highest BCUT2D eigenvalue weighted by atomic mass is 32.2. The van der Waals surface area contributed by atoms with Crippen LogP contribution in [0, 0.1) is 0 Å². The number of rotatable bonds is 7. The highest BCUT2D eigenvalue weighted by molar-refractivity contribution is 7.91. The summed E-state index contributed by atoms with van der Waals surface area (Å²) in [5.74, 6) is 0.612. The number of fused-ring (bicyclic) bond motifs is 3. The summed E-state index contributed by atoms with van der Waals surface area (Å²) in [6.07, 6.45) is 5.99. The minimum absolute atomic E-state index is 0.0378. The summed E-state index contributed by atoms with van der Waals surface area (Å²) >= 11 is 0. The van der Waals surface area contributed by atoms with Gasteiger partial charge in [-0.05, 0) is 38.7 Å². The number of sulfone groups is 1. The molecule has 1 N–H and O–H groups in total. The number of imidazole rings is 1. The molecule has 0 bridgehead atoms. The van der Waals surface area contributed by atoms with E-state index in [0.29, 0.717) is 52.8 Å². The number of aryl methyl sites for hydroxylation is 3. The molecule has 2 amide bonds. The lowest BCUT2D eigenvalue weighted by Crippen LogP contribution is -2.44. The van der Waals surface area contributed by atoms with E-state index in [2.05, 4.69) is 20.3 Å². The number of pyridine rings is 1. The van der Waals surface area contributed by atoms with Crippen molar-refractivity contribution in [2.45, 2.75) is 51.2 Å². The van der Waals surface area contributed by atoms with E-state index in [1.54, 1.807) is 24.3 Å². The Bertz CT molecular complexity index is 1800. The van der Waals surface area contributed by atoms with Crippen LogP contribution in [-0.4, -0.2) is 95.6 Å². The van der Waals surface area contributed by atoms with Gasteiger partial charge in [-0.2, -0.15) is 5.10 Å². The number of nitrogens with zero attached hydrogens (tertiary/aromatic N) is 8. The molecule has 0 atom stereocenters. The zero-order chi connectivity index (χ0) is 28.6. The minimum atomic E-state index is -3.10. The molecule has 0 aromatic carbocycles. The van der Waals surface area contributed by atoms with Gasteiger partial charge in [0.25, 0.3) is 11.8 Å². The van der Waals surface area contributed by atoms with Gasteiger partial charge in [0.2, 0.25) is 0 Å². The van der Waals surface area contributed by atoms with Crippen molar-refractivity contribution >= 4 is 55.4 Å². The van der Waals surface area contributed by atoms with Crippen LogP contribution >= 0.6 is 0 Å². The first kappa shape index (κ1) is 26.0. The third-order valence-electron chi connectivity index (χ3n) is 8.33. The zero-order valence-electron chi connectivity index (χ0n) is 23.4. The lowest BCUT2D eigenvalue weighted by atomic mass is 10.2. The number of aromatic nitrogens is 6. The van der Waals surface area contributed by atoms with E-state index in [4.69, 9.17) is 4.98 Å². The molecule has 13 nitrogen and oxygen atoms in total. The van der Waals surface area contributed by atoms with Crippen LogP contribution in [0.1, 0.15) is 53.6 Å². The predicted octanol–water partition coefficient (Wildman–Crippen LogP) is 2.06. The third kappa shape index (κ3) is 4.44. The quantitative estimate of drug-likeness (QED) is 0.351. The van der Waals surface area contributed by atoms with Gasteiger partial charge in [-0.15, -0.1) is 0 Å². The molecule has 0 unspecified atom stereocenters. The molecule has 2 saturated carbocycles. The molecular formula is C27H33N9O4S. The SMILES string of the molecule is CCn1c(C(=O)N(C2CC2)C2CC2)cc2c3c(ncn3C)c(Nc3cc(C(=O)N4CCS(=O)(=O)CC4)n(C)n3)nc21. The monoisotopic (exact) mass is 579 g/mol. The van der Waals surface area contributed by atoms with Crippen LogP contribution in [-0.2, 0) is 30.5 Å². The Balaban J connectivity index is 1.25. The van der Waals surface area contributed by atoms with Gasteiger partial charge in [-0.3, -0.25) is 14.3 Å². The average molecular weight is 580 g/mol. The molecular weight excluding hydrogens is 546 g/mol. The smallest absolute Gasteiger partial charge is 0.272 e. The Kier molecular flexibility index (Phi) is 5.89. The second kappa shape index (κ2) is 9.29. The van der Waals surface area contributed by atoms with E-state index in [0.717, 1.165) is 36.6 Å². The summed E-state index contributed by atoms with van der Waals surface area (Å²) in [4.78, 5) is 40.2. The van der Waals surface area contributed by atoms with Crippen LogP contribution in [0.4, 0.5) is 11.6 Å². The molecule has 41 heavy (non-hydrogen) atoms. The summed E-state index contributed by atoms with van der Waals surface area (Å²) < 4.78 is 29.0. The van der Waals surface area contributed by atoms with Crippen molar-refractivity contribution in [1.82, 2.24) is 38.7 Å². The fraction of sp³-hybridized carbons (Fsp3) is 0.519. The van der Waals surface area contributed by atoms with Crippen LogP contribution in [0.15, 0.2) is 18.5 Å². The van der Waals surface area contributed by atoms with Gasteiger partial charge < -0.3 is 24.3 Å². The molecule has 14 heteroatoms. The molecule has 3 fully saturated rings. The predicted molar refractivity (Wildman–Crippen MR) is 153 cm³/mol. The standard InChI is InChI=1S/C27H33N9O4S/c1-4-35-20(27(38)36(16-5-6-16)17-7-8-17)13-18-23-22(28-15-32(23)2)24(30-25(18)35)29-21-14-19(33(3)31-21)26(37)34-9-11-41(39,40)12-10-34/h13-17H,4-12H2,1-3H3,(H,29,30,31). The van der Waals surface area contributed by atoms with Gasteiger partial charge >= 0.3 is 0 Å². The highest BCUT2D eigenvalue weighted by Gasteiger charge is 2.43. The molecule has 7 rings (SSSR count). The summed E-state index contributed by atoms with van der Waals surface area (Å²) in [6.45, 7) is 2.92. The molecule has 1 aliphatic heterocycles. The molecule has 3 aliphatic rings. The van der Waals surface area contributed by atoms with E-state index >= 15 is 0 Å². The second-order valence-electron chi connectivity index (χ2n) is 11.3. The average Bonchev–Trinajstić information content (AvgIpc) is 3.85. The first-order valence-electron chi connectivity index (χ1n) is 14.1. The Labute approximate surface area is 237 Å². The summed E-state index contributed by atoms with van der Waals surface area (Å²) in [7, 11) is 0.493. The summed E-state index contributed by atoms with van der Waals surface area (Å²) in [5, 5.41) is 8.61. The van der Waals surface area contributed by atoms with Gasteiger partial charge in [0.1, 0.15) is 22.6 Å². The van der Waals surface area contributed by atoms with Gasteiger partial charge in [0.15, 0.2) is 21.5 Å². The lowest BCUT2D eigenvalue weighted by molar-refractivity contribution is 0.0717. The topological polar surface area (TPSA) is 140 Å². The number of anilines is 2. The largest absolute Gasteiger partial charge is 0.335 e. The van der Waals surface area contributed by atoms with E-state index in [1.807, 2.05) is 29.2 Å². The maximum absolute atomic E-state index is 13.8. The number of amides is 2. The number of nitrogens with one attached hydrogen (secondary N) is 1.